The van der Waals surface area contributed by atoms with E-state index < -0.39 is 5.41 Å². The van der Waals surface area contributed by atoms with Gasteiger partial charge < -0.3 is 23.7 Å². The summed E-state index contributed by atoms with van der Waals surface area (Å²) in [5, 5.41) is 0. The Morgan fingerprint density at radius 2 is 1.37 bits per heavy atom. The molecular weight excluding hydrogens is 442 g/mol. The summed E-state index contributed by atoms with van der Waals surface area (Å²) in [6, 6.07) is 12.0. The molecule has 194 valence electrons. The van der Waals surface area contributed by atoms with Crippen LogP contribution in [0.2, 0.25) is 0 Å². The van der Waals surface area contributed by atoms with E-state index in [0.29, 0.717) is 24.7 Å². The van der Waals surface area contributed by atoms with E-state index >= 15 is 0 Å². The summed E-state index contributed by atoms with van der Waals surface area (Å²) in [6.07, 6.45) is 2.70. The first-order valence-electron chi connectivity index (χ1n) is 12.5. The maximum Gasteiger partial charge on any atom is 0.130 e. The minimum atomic E-state index is -0.622. The maximum atomic E-state index is 12.6. The van der Waals surface area contributed by atoms with Crippen LogP contribution in [-0.2, 0) is 10.2 Å². The zero-order valence-corrected chi connectivity index (χ0v) is 22.7. The third-order valence-corrected chi connectivity index (χ3v) is 6.90. The van der Waals surface area contributed by atoms with Crippen LogP contribution in [-0.4, -0.2) is 52.2 Å². The van der Waals surface area contributed by atoms with Gasteiger partial charge in [-0.25, -0.2) is 0 Å². The lowest BCUT2D eigenvalue weighted by Gasteiger charge is -2.34. The number of hydrogen-bond donors (Lipinski definition) is 0. The molecule has 0 aliphatic rings. The highest BCUT2D eigenvalue weighted by atomic mass is 16.5. The van der Waals surface area contributed by atoms with Crippen molar-refractivity contribution in [1.82, 2.24) is 4.90 Å². The molecule has 0 saturated heterocycles. The van der Waals surface area contributed by atoms with Crippen LogP contribution in [0.25, 0.3) is 0 Å². The van der Waals surface area contributed by atoms with Crippen LogP contribution in [0.15, 0.2) is 36.4 Å². The van der Waals surface area contributed by atoms with Crippen LogP contribution in [0.4, 0.5) is 0 Å². The van der Waals surface area contributed by atoms with Gasteiger partial charge in [-0.15, -0.1) is 0 Å². The standard InChI is InChI=1S/C29H43NO5/c1-9-34-27-14-23(15-28(19-27)35-10-2)22(5)30(6)13-11-12-29(20-31,21(3)4)24-16-25(32-7)18-26(17-24)33-8/h14-22H,9-13H2,1-8H3. The van der Waals surface area contributed by atoms with Crippen molar-refractivity contribution in [3.8, 4) is 23.0 Å². The maximum absolute atomic E-state index is 12.6. The number of carbonyl (C=O) groups excluding carboxylic acids is 1. The van der Waals surface area contributed by atoms with Gasteiger partial charge in [0.1, 0.15) is 29.3 Å². The van der Waals surface area contributed by atoms with Crippen molar-refractivity contribution in [3.63, 3.8) is 0 Å². The van der Waals surface area contributed by atoms with E-state index in [2.05, 4.69) is 44.9 Å². The SMILES string of the molecule is CCOc1cc(OCC)cc(C(C)N(C)CCCC(C=O)(c2cc(OC)cc(OC)c2)C(C)C)c1. The Hall–Kier alpha value is -2.73. The number of benzene rings is 2. The fourth-order valence-corrected chi connectivity index (χ4v) is 4.51. The fraction of sp³-hybridized carbons (Fsp3) is 0.552. The quantitative estimate of drug-likeness (QED) is 0.286. The van der Waals surface area contributed by atoms with E-state index in [1.165, 1.54) is 0 Å². The predicted molar refractivity (Wildman–Crippen MR) is 141 cm³/mol. The van der Waals surface area contributed by atoms with Crippen LogP contribution < -0.4 is 18.9 Å². The molecule has 2 rings (SSSR count). The molecule has 0 aliphatic heterocycles. The Morgan fingerprint density at radius 3 is 1.80 bits per heavy atom. The molecule has 0 heterocycles. The molecule has 0 spiro atoms. The molecule has 6 nitrogen and oxygen atoms in total. The summed E-state index contributed by atoms with van der Waals surface area (Å²) in [7, 11) is 5.37. The molecule has 0 aliphatic carbocycles. The lowest BCUT2D eigenvalue weighted by atomic mass is 9.69. The molecule has 0 aromatic heterocycles. The molecule has 0 N–H and O–H groups in total. The molecule has 0 fully saturated rings. The van der Waals surface area contributed by atoms with Gasteiger partial charge in [0.15, 0.2) is 0 Å². The summed E-state index contributed by atoms with van der Waals surface area (Å²) in [6.45, 7) is 12.4. The van der Waals surface area contributed by atoms with Gasteiger partial charge in [0, 0.05) is 18.2 Å². The molecule has 0 amide bonds. The van der Waals surface area contributed by atoms with Gasteiger partial charge in [-0.3, -0.25) is 4.90 Å². The zero-order chi connectivity index (χ0) is 26.0. The van der Waals surface area contributed by atoms with E-state index in [1.807, 2.05) is 38.1 Å². The first kappa shape index (κ1) is 28.5. The molecule has 35 heavy (non-hydrogen) atoms. The van der Waals surface area contributed by atoms with Crippen molar-refractivity contribution < 1.29 is 23.7 Å². The molecule has 2 atom stereocenters. The van der Waals surface area contributed by atoms with Crippen LogP contribution in [0, 0.1) is 5.92 Å². The fourth-order valence-electron chi connectivity index (χ4n) is 4.51. The number of methoxy groups -OCH3 is 2. The average Bonchev–Trinajstić information content (AvgIpc) is 2.85. The summed E-state index contributed by atoms with van der Waals surface area (Å²) < 4.78 is 22.5. The molecule has 2 aromatic rings. The van der Waals surface area contributed by atoms with Crippen LogP contribution in [0.1, 0.15) is 64.6 Å². The lowest BCUT2D eigenvalue weighted by Crippen LogP contribution is -2.35. The first-order valence-corrected chi connectivity index (χ1v) is 12.5. The van der Waals surface area contributed by atoms with Gasteiger partial charge in [-0.05, 0) is 88.5 Å². The highest BCUT2D eigenvalue weighted by Crippen LogP contribution is 2.39. The second-order valence-corrected chi connectivity index (χ2v) is 9.28. The zero-order valence-electron chi connectivity index (χ0n) is 22.7. The number of ether oxygens (including phenoxy) is 4. The van der Waals surface area contributed by atoms with Crippen molar-refractivity contribution >= 4 is 6.29 Å². The highest BCUT2D eigenvalue weighted by Gasteiger charge is 2.36. The summed E-state index contributed by atoms with van der Waals surface area (Å²) >= 11 is 0. The molecule has 0 saturated carbocycles. The van der Waals surface area contributed by atoms with E-state index in [9.17, 15) is 4.79 Å². The molecule has 0 radical (unpaired) electrons. The highest BCUT2D eigenvalue weighted by molar-refractivity contribution is 5.70. The van der Waals surface area contributed by atoms with E-state index in [0.717, 1.165) is 48.3 Å². The Kier molecular flexibility index (Phi) is 10.9. The van der Waals surface area contributed by atoms with Gasteiger partial charge in [0.25, 0.3) is 0 Å². The molecule has 2 unspecified atom stereocenters. The third-order valence-electron chi connectivity index (χ3n) is 6.90. The second kappa shape index (κ2) is 13.4. The van der Waals surface area contributed by atoms with E-state index in [1.54, 1.807) is 14.2 Å². The van der Waals surface area contributed by atoms with Crippen molar-refractivity contribution in [3.05, 3.63) is 47.5 Å². The van der Waals surface area contributed by atoms with Crippen LogP contribution in [0.3, 0.4) is 0 Å². The smallest absolute Gasteiger partial charge is 0.130 e. The van der Waals surface area contributed by atoms with Gasteiger partial charge in [-0.2, -0.15) is 0 Å². The lowest BCUT2D eigenvalue weighted by molar-refractivity contribution is -0.114. The number of aldehydes is 1. The largest absolute Gasteiger partial charge is 0.497 e. The van der Waals surface area contributed by atoms with Crippen LogP contribution in [0.5, 0.6) is 23.0 Å². The van der Waals surface area contributed by atoms with Crippen LogP contribution >= 0.6 is 0 Å². The molecule has 0 bridgehead atoms. The van der Waals surface area contributed by atoms with Gasteiger partial charge >= 0.3 is 0 Å². The van der Waals surface area contributed by atoms with Gasteiger partial charge in [0.05, 0.1) is 32.8 Å². The van der Waals surface area contributed by atoms with Gasteiger partial charge in [0.2, 0.25) is 0 Å². The average molecular weight is 486 g/mol. The molecule has 6 heteroatoms. The molecule has 2 aromatic carbocycles. The predicted octanol–water partition coefficient (Wildman–Crippen LogP) is 6.07. The monoisotopic (exact) mass is 485 g/mol. The summed E-state index contributed by atoms with van der Waals surface area (Å²) in [4.78, 5) is 14.9. The Morgan fingerprint density at radius 1 is 0.857 bits per heavy atom. The summed E-state index contributed by atoms with van der Waals surface area (Å²) in [5.41, 5.74) is 1.45. The Balaban J connectivity index is 2.20. The van der Waals surface area contributed by atoms with E-state index in [4.69, 9.17) is 18.9 Å². The minimum absolute atomic E-state index is 0.121. The van der Waals surface area contributed by atoms with E-state index in [-0.39, 0.29) is 12.0 Å². The topological polar surface area (TPSA) is 57.2 Å². The minimum Gasteiger partial charge on any atom is -0.497 e. The van der Waals surface area contributed by atoms with Crippen molar-refractivity contribution in [2.75, 3.05) is 41.0 Å². The third kappa shape index (κ3) is 7.14. The Bertz CT molecular complexity index is 898. The Labute approximate surface area is 211 Å². The number of nitrogens with zero attached hydrogens (tertiary/aromatic N) is 1. The molecular formula is C29H43NO5. The number of hydrogen-bond acceptors (Lipinski definition) is 6. The van der Waals surface area contributed by atoms with Gasteiger partial charge in [-0.1, -0.05) is 13.8 Å². The normalized spacial score (nSPS) is 13.9. The first-order chi connectivity index (χ1) is 16.7. The van der Waals surface area contributed by atoms with Crippen molar-refractivity contribution in [2.45, 2.75) is 58.9 Å². The second-order valence-electron chi connectivity index (χ2n) is 9.28. The van der Waals surface area contributed by atoms with Crippen molar-refractivity contribution in [2.24, 2.45) is 5.92 Å². The number of rotatable bonds is 15. The van der Waals surface area contributed by atoms with Crippen molar-refractivity contribution in [1.29, 1.82) is 0 Å². The number of carbonyl (C=O) groups is 1. The summed E-state index contributed by atoms with van der Waals surface area (Å²) in [5.74, 6) is 3.14.